The van der Waals surface area contributed by atoms with Gasteiger partial charge in [-0.05, 0) is 48.4 Å². The van der Waals surface area contributed by atoms with Crippen molar-refractivity contribution in [3.63, 3.8) is 0 Å². The SMILES string of the molecule is O=C(NCc1ccc(N2CCCC2=O)cc1)c1ccc(Cl)cc1. The second-order valence-electron chi connectivity index (χ2n) is 5.50. The van der Waals surface area contributed by atoms with Gasteiger partial charge in [-0.15, -0.1) is 0 Å². The van der Waals surface area contributed by atoms with Crippen molar-refractivity contribution in [3.8, 4) is 0 Å². The van der Waals surface area contributed by atoms with Gasteiger partial charge >= 0.3 is 0 Å². The molecule has 1 saturated heterocycles. The van der Waals surface area contributed by atoms with E-state index in [1.54, 1.807) is 29.2 Å². The summed E-state index contributed by atoms with van der Waals surface area (Å²) in [6.45, 7) is 1.22. The van der Waals surface area contributed by atoms with E-state index in [4.69, 9.17) is 11.6 Å². The molecule has 2 amide bonds. The number of halogens is 1. The van der Waals surface area contributed by atoms with Crippen LogP contribution in [-0.2, 0) is 11.3 Å². The molecule has 1 fully saturated rings. The highest BCUT2D eigenvalue weighted by molar-refractivity contribution is 6.30. The van der Waals surface area contributed by atoms with E-state index in [1.807, 2.05) is 24.3 Å². The third-order valence-electron chi connectivity index (χ3n) is 3.88. The van der Waals surface area contributed by atoms with Crippen LogP contribution in [0.2, 0.25) is 5.02 Å². The van der Waals surface area contributed by atoms with Crippen molar-refractivity contribution in [1.29, 1.82) is 0 Å². The van der Waals surface area contributed by atoms with E-state index in [2.05, 4.69) is 5.32 Å². The molecule has 1 heterocycles. The largest absolute Gasteiger partial charge is 0.348 e. The maximum atomic E-state index is 12.0. The van der Waals surface area contributed by atoms with Crippen LogP contribution in [0, 0.1) is 0 Å². The van der Waals surface area contributed by atoms with Crippen LogP contribution in [0.3, 0.4) is 0 Å². The molecule has 0 aliphatic carbocycles. The molecule has 4 nitrogen and oxygen atoms in total. The first-order valence-electron chi connectivity index (χ1n) is 7.56. The predicted octanol–water partition coefficient (Wildman–Crippen LogP) is 3.40. The maximum Gasteiger partial charge on any atom is 0.251 e. The summed E-state index contributed by atoms with van der Waals surface area (Å²) >= 11 is 5.81. The quantitative estimate of drug-likeness (QED) is 0.935. The summed E-state index contributed by atoms with van der Waals surface area (Å²) < 4.78 is 0. The highest BCUT2D eigenvalue weighted by atomic mass is 35.5. The van der Waals surface area contributed by atoms with Gasteiger partial charge in [0.05, 0.1) is 0 Å². The van der Waals surface area contributed by atoms with Crippen molar-refractivity contribution in [3.05, 3.63) is 64.7 Å². The summed E-state index contributed by atoms with van der Waals surface area (Å²) in [7, 11) is 0. The Morgan fingerprint density at radius 2 is 1.78 bits per heavy atom. The summed E-state index contributed by atoms with van der Waals surface area (Å²) in [5.41, 5.74) is 2.48. The van der Waals surface area contributed by atoms with Crippen molar-refractivity contribution < 1.29 is 9.59 Å². The van der Waals surface area contributed by atoms with Gasteiger partial charge in [-0.25, -0.2) is 0 Å². The third-order valence-corrected chi connectivity index (χ3v) is 4.13. The molecule has 5 heteroatoms. The number of amides is 2. The van der Waals surface area contributed by atoms with Crippen molar-refractivity contribution in [2.75, 3.05) is 11.4 Å². The number of hydrogen-bond acceptors (Lipinski definition) is 2. The minimum absolute atomic E-state index is 0.138. The van der Waals surface area contributed by atoms with Crippen LogP contribution in [-0.4, -0.2) is 18.4 Å². The zero-order chi connectivity index (χ0) is 16.2. The average molecular weight is 329 g/mol. The molecule has 3 rings (SSSR count). The first-order valence-corrected chi connectivity index (χ1v) is 7.94. The molecule has 0 saturated carbocycles. The Bertz CT molecular complexity index is 711. The number of carbonyl (C=O) groups excluding carboxylic acids is 2. The van der Waals surface area contributed by atoms with Crippen LogP contribution in [0.15, 0.2) is 48.5 Å². The Hall–Kier alpha value is -2.33. The Morgan fingerprint density at radius 3 is 2.39 bits per heavy atom. The normalized spacial score (nSPS) is 14.1. The average Bonchev–Trinajstić information content (AvgIpc) is 3.00. The third kappa shape index (κ3) is 3.71. The molecule has 1 N–H and O–H groups in total. The first-order chi connectivity index (χ1) is 11.1. The summed E-state index contributed by atoms with van der Waals surface area (Å²) in [4.78, 5) is 25.6. The number of nitrogens with zero attached hydrogens (tertiary/aromatic N) is 1. The van der Waals surface area contributed by atoms with Gasteiger partial charge in [0.25, 0.3) is 5.91 Å². The van der Waals surface area contributed by atoms with Gasteiger partial charge < -0.3 is 10.2 Å². The molecule has 2 aromatic carbocycles. The second-order valence-corrected chi connectivity index (χ2v) is 5.94. The Kier molecular flexibility index (Phi) is 4.63. The maximum absolute atomic E-state index is 12.0. The van der Waals surface area contributed by atoms with E-state index >= 15 is 0 Å². The highest BCUT2D eigenvalue weighted by Gasteiger charge is 2.21. The van der Waals surface area contributed by atoms with Gasteiger partial charge in [0.1, 0.15) is 0 Å². The molecule has 1 aliphatic rings. The van der Waals surface area contributed by atoms with Crippen molar-refractivity contribution in [2.24, 2.45) is 0 Å². The van der Waals surface area contributed by atoms with Crippen molar-refractivity contribution in [1.82, 2.24) is 5.32 Å². The summed E-state index contributed by atoms with van der Waals surface area (Å²) in [6.07, 6.45) is 1.54. The summed E-state index contributed by atoms with van der Waals surface area (Å²) in [5.74, 6) is 0.0363. The number of benzene rings is 2. The molecule has 0 aromatic heterocycles. The molecule has 2 aromatic rings. The van der Waals surface area contributed by atoms with E-state index in [0.717, 1.165) is 24.2 Å². The Morgan fingerprint density at radius 1 is 1.09 bits per heavy atom. The van der Waals surface area contributed by atoms with E-state index in [0.29, 0.717) is 23.6 Å². The van der Waals surface area contributed by atoms with Crippen molar-refractivity contribution in [2.45, 2.75) is 19.4 Å². The number of carbonyl (C=O) groups is 2. The van der Waals surface area contributed by atoms with Crippen LogP contribution in [0.4, 0.5) is 5.69 Å². The number of nitrogens with one attached hydrogen (secondary N) is 1. The minimum Gasteiger partial charge on any atom is -0.348 e. The lowest BCUT2D eigenvalue weighted by atomic mass is 10.1. The standard InChI is InChI=1S/C18H17ClN2O2/c19-15-7-5-14(6-8-15)18(23)20-12-13-3-9-16(10-4-13)21-11-1-2-17(21)22/h3-10H,1-2,11-12H2,(H,20,23). The molecule has 0 unspecified atom stereocenters. The Balaban J connectivity index is 1.59. The zero-order valence-corrected chi connectivity index (χ0v) is 13.3. The Labute approximate surface area is 140 Å². The van der Waals surface area contributed by atoms with Crippen LogP contribution in [0.5, 0.6) is 0 Å². The van der Waals surface area contributed by atoms with E-state index in [1.165, 1.54) is 0 Å². The van der Waals surface area contributed by atoms with Crippen LogP contribution in [0.1, 0.15) is 28.8 Å². The fourth-order valence-electron chi connectivity index (χ4n) is 2.60. The monoisotopic (exact) mass is 328 g/mol. The molecule has 0 radical (unpaired) electrons. The molecular formula is C18H17ClN2O2. The summed E-state index contributed by atoms with van der Waals surface area (Å²) in [6, 6.07) is 14.5. The molecule has 0 atom stereocenters. The predicted molar refractivity (Wildman–Crippen MR) is 90.7 cm³/mol. The fraction of sp³-hybridized carbons (Fsp3) is 0.222. The van der Waals surface area contributed by atoms with Crippen LogP contribution < -0.4 is 10.2 Å². The zero-order valence-electron chi connectivity index (χ0n) is 12.6. The van der Waals surface area contributed by atoms with Gasteiger partial charge in [0, 0.05) is 35.8 Å². The minimum atomic E-state index is -0.138. The molecule has 0 spiro atoms. The molecule has 118 valence electrons. The lowest BCUT2D eigenvalue weighted by Crippen LogP contribution is -2.24. The number of anilines is 1. The number of rotatable bonds is 4. The van der Waals surface area contributed by atoms with Gasteiger partial charge in [-0.1, -0.05) is 23.7 Å². The van der Waals surface area contributed by atoms with Gasteiger partial charge in [-0.3, -0.25) is 9.59 Å². The van der Waals surface area contributed by atoms with Gasteiger partial charge in [0.2, 0.25) is 5.91 Å². The smallest absolute Gasteiger partial charge is 0.251 e. The lowest BCUT2D eigenvalue weighted by Gasteiger charge is -2.16. The van der Waals surface area contributed by atoms with Gasteiger partial charge in [-0.2, -0.15) is 0 Å². The van der Waals surface area contributed by atoms with E-state index in [-0.39, 0.29) is 11.8 Å². The lowest BCUT2D eigenvalue weighted by molar-refractivity contribution is -0.117. The second kappa shape index (κ2) is 6.84. The summed E-state index contributed by atoms with van der Waals surface area (Å²) in [5, 5.41) is 3.48. The first kappa shape index (κ1) is 15.6. The number of hydrogen-bond donors (Lipinski definition) is 1. The van der Waals surface area contributed by atoms with Crippen molar-refractivity contribution >= 4 is 29.1 Å². The van der Waals surface area contributed by atoms with Gasteiger partial charge in [0.15, 0.2) is 0 Å². The van der Waals surface area contributed by atoms with E-state index < -0.39 is 0 Å². The fourth-order valence-corrected chi connectivity index (χ4v) is 2.73. The molecule has 0 bridgehead atoms. The molecule has 23 heavy (non-hydrogen) atoms. The molecular weight excluding hydrogens is 312 g/mol. The highest BCUT2D eigenvalue weighted by Crippen LogP contribution is 2.21. The topological polar surface area (TPSA) is 49.4 Å². The van der Waals surface area contributed by atoms with Crippen LogP contribution >= 0.6 is 11.6 Å². The van der Waals surface area contributed by atoms with E-state index in [9.17, 15) is 9.59 Å². The molecule has 1 aliphatic heterocycles. The van der Waals surface area contributed by atoms with Crippen LogP contribution in [0.25, 0.3) is 0 Å².